The number of anilines is 1. The summed E-state index contributed by atoms with van der Waals surface area (Å²) in [6, 6.07) is 0. The zero-order valence-electron chi connectivity index (χ0n) is 7.80. The molecule has 0 unspecified atom stereocenters. The highest BCUT2D eigenvalue weighted by atomic mass is 32.2. The standard InChI is InChI=1S/C8H13N3S/c1-5-6(2)10-8(12-4)11-7(5)9-3/h1-4H3,(H,9,10,11). The second-order valence-electron chi connectivity index (χ2n) is 2.52. The minimum Gasteiger partial charge on any atom is -0.373 e. The van der Waals surface area contributed by atoms with Gasteiger partial charge in [-0.25, -0.2) is 9.97 Å². The van der Waals surface area contributed by atoms with Gasteiger partial charge >= 0.3 is 0 Å². The molecular formula is C8H13N3S. The molecule has 1 aromatic heterocycles. The quantitative estimate of drug-likeness (QED) is 0.561. The maximum absolute atomic E-state index is 4.31. The van der Waals surface area contributed by atoms with Crippen molar-refractivity contribution >= 4 is 17.6 Å². The summed E-state index contributed by atoms with van der Waals surface area (Å²) in [5.74, 6) is 0.923. The summed E-state index contributed by atoms with van der Waals surface area (Å²) in [5.41, 5.74) is 2.16. The second-order valence-corrected chi connectivity index (χ2v) is 3.29. The fourth-order valence-corrected chi connectivity index (χ4v) is 1.35. The fourth-order valence-electron chi connectivity index (χ4n) is 0.938. The minimum absolute atomic E-state index is 0.822. The number of hydrogen-bond donors (Lipinski definition) is 1. The average Bonchev–Trinajstić information content (AvgIpc) is 2.09. The molecule has 0 spiro atoms. The first-order valence-corrected chi connectivity index (χ1v) is 4.98. The Kier molecular flexibility index (Phi) is 2.92. The molecule has 0 aliphatic carbocycles. The Labute approximate surface area is 77.0 Å². The molecule has 0 saturated carbocycles. The predicted octanol–water partition coefficient (Wildman–Crippen LogP) is 1.86. The van der Waals surface area contributed by atoms with E-state index in [1.54, 1.807) is 11.8 Å². The summed E-state index contributed by atoms with van der Waals surface area (Å²) in [6.45, 7) is 4.02. The van der Waals surface area contributed by atoms with Crippen molar-refractivity contribution < 1.29 is 0 Å². The summed E-state index contributed by atoms with van der Waals surface area (Å²) in [4.78, 5) is 8.62. The van der Waals surface area contributed by atoms with Crippen LogP contribution in [-0.4, -0.2) is 23.3 Å². The number of thioether (sulfide) groups is 1. The molecule has 1 heterocycles. The normalized spacial score (nSPS) is 10.0. The Balaban J connectivity index is 3.19. The van der Waals surface area contributed by atoms with Crippen molar-refractivity contribution in [1.82, 2.24) is 9.97 Å². The molecule has 1 N–H and O–H groups in total. The lowest BCUT2D eigenvalue weighted by Gasteiger charge is -2.07. The van der Waals surface area contributed by atoms with Gasteiger partial charge in [0, 0.05) is 18.3 Å². The van der Waals surface area contributed by atoms with Crippen molar-refractivity contribution in [3.8, 4) is 0 Å². The minimum atomic E-state index is 0.822. The molecule has 0 aliphatic heterocycles. The lowest BCUT2D eigenvalue weighted by atomic mass is 10.2. The summed E-state index contributed by atoms with van der Waals surface area (Å²) in [5, 5.41) is 3.87. The number of hydrogen-bond acceptors (Lipinski definition) is 4. The molecule has 12 heavy (non-hydrogen) atoms. The molecule has 0 radical (unpaired) electrons. The molecule has 0 saturated heterocycles. The van der Waals surface area contributed by atoms with E-state index in [-0.39, 0.29) is 0 Å². The van der Waals surface area contributed by atoms with Crippen LogP contribution in [0.3, 0.4) is 0 Å². The molecule has 0 amide bonds. The van der Waals surface area contributed by atoms with Crippen LogP contribution in [0.4, 0.5) is 5.82 Å². The molecule has 66 valence electrons. The highest BCUT2D eigenvalue weighted by Crippen LogP contribution is 2.18. The van der Waals surface area contributed by atoms with Crippen molar-refractivity contribution in [3.05, 3.63) is 11.3 Å². The third-order valence-electron chi connectivity index (χ3n) is 1.79. The van der Waals surface area contributed by atoms with Gasteiger partial charge in [0.2, 0.25) is 0 Å². The number of rotatable bonds is 2. The Morgan fingerprint density at radius 1 is 1.25 bits per heavy atom. The molecule has 4 heteroatoms. The van der Waals surface area contributed by atoms with Crippen molar-refractivity contribution in [2.45, 2.75) is 19.0 Å². The summed E-state index contributed by atoms with van der Waals surface area (Å²) >= 11 is 1.56. The first-order chi connectivity index (χ1) is 5.69. The maximum atomic E-state index is 4.31. The van der Waals surface area contributed by atoms with Gasteiger partial charge in [0.15, 0.2) is 5.16 Å². The summed E-state index contributed by atoms with van der Waals surface area (Å²) in [7, 11) is 1.87. The van der Waals surface area contributed by atoms with Crippen LogP contribution in [0, 0.1) is 13.8 Å². The van der Waals surface area contributed by atoms with Crippen LogP contribution >= 0.6 is 11.8 Å². The summed E-state index contributed by atoms with van der Waals surface area (Å²) in [6.07, 6.45) is 1.98. The first kappa shape index (κ1) is 9.32. The van der Waals surface area contributed by atoms with E-state index in [1.165, 1.54) is 0 Å². The molecule has 1 aromatic rings. The van der Waals surface area contributed by atoms with Crippen molar-refractivity contribution in [2.75, 3.05) is 18.6 Å². The van der Waals surface area contributed by atoms with Crippen LogP contribution in [-0.2, 0) is 0 Å². The Morgan fingerprint density at radius 2 is 1.92 bits per heavy atom. The van der Waals surface area contributed by atoms with Gasteiger partial charge in [-0.3, -0.25) is 0 Å². The monoisotopic (exact) mass is 183 g/mol. The van der Waals surface area contributed by atoms with Crippen molar-refractivity contribution in [3.63, 3.8) is 0 Å². The third kappa shape index (κ3) is 1.69. The van der Waals surface area contributed by atoms with Gasteiger partial charge in [-0.2, -0.15) is 0 Å². The Morgan fingerprint density at radius 3 is 2.42 bits per heavy atom. The van der Waals surface area contributed by atoms with E-state index in [0.717, 1.165) is 22.2 Å². The molecular weight excluding hydrogens is 170 g/mol. The predicted molar refractivity (Wildman–Crippen MR) is 52.8 cm³/mol. The molecule has 3 nitrogen and oxygen atoms in total. The Hall–Kier alpha value is -0.770. The van der Waals surface area contributed by atoms with Gasteiger partial charge in [-0.05, 0) is 20.1 Å². The number of nitrogens with one attached hydrogen (secondary N) is 1. The van der Waals surface area contributed by atoms with Gasteiger partial charge in [-0.1, -0.05) is 11.8 Å². The topological polar surface area (TPSA) is 37.8 Å². The van der Waals surface area contributed by atoms with E-state index in [9.17, 15) is 0 Å². The van der Waals surface area contributed by atoms with Gasteiger partial charge in [0.25, 0.3) is 0 Å². The van der Waals surface area contributed by atoms with Crippen LogP contribution in [0.5, 0.6) is 0 Å². The summed E-state index contributed by atoms with van der Waals surface area (Å²) < 4.78 is 0. The average molecular weight is 183 g/mol. The largest absolute Gasteiger partial charge is 0.373 e. The fraction of sp³-hybridized carbons (Fsp3) is 0.500. The van der Waals surface area contributed by atoms with Crippen molar-refractivity contribution in [2.24, 2.45) is 0 Å². The molecule has 1 rings (SSSR count). The van der Waals surface area contributed by atoms with Crippen LogP contribution in [0.2, 0.25) is 0 Å². The number of aromatic nitrogens is 2. The van der Waals surface area contributed by atoms with Gasteiger partial charge in [-0.15, -0.1) is 0 Å². The Bertz CT molecular complexity index is 286. The third-order valence-corrected chi connectivity index (χ3v) is 2.34. The molecule has 0 bridgehead atoms. The zero-order chi connectivity index (χ0) is 9.14. The molecule has 0 atom stereocenters. The SMILES string of the molecule is CNc1nc(SC)nc(C)c1C. The molecule has 0 aromatic carbocycles. The van der Waals surface area contributed by atoms with Crippen LogP contribution in [0.25, 0.3) is 0 Å². The second kappa shape index (κ2) is 3.76. The van der Waals surface area contributed by atoms with Gasteiger partial charge in [0.1, 0.15) is 5.82 Å². The lowest BCUT2D eigenvalue weighted by Crippen LogP contribution is -2.01. The van der Waals surface area contributed by atoms with Gasteiger partial charge < -0.3 is 5.32 Å². The van der Waals surface area contributed by atoms with Crippen LogP contribution in [0.1, 0.15) is 11.3 Å². The van der Waals surface area contributed by atoms with E-state index in [1.807, 2.05) is 27.2 Å². The van der Waals surface area contributed by atoms with Crippen molar-refractivity contribution in [1.29, 1.82) is 0 Å². The highest BCUT2D eigenvalue weighted by molar-refractivity contribution is 7.98. The first-order valence-electron chi connectivity index (χ1n) is 3.76. The van der Waals surface area contributed by atoms with E-state index in [4.69, 9.17) is 0 Å². The lowest BCUT2D eigenvalue weighted by molar-refractivity contribution is 0.919. The van der Waals surface area contributed by atoms with Crippen LogP contribution < -0.4 is 5.32 Å². The maximum Gasteiger partial charge on any atom is 0.189 e. The number of nitrogens with zero attached hydrogens (tertiary/aromatic N) is 2. The van der Waals surface area contributed by atoms with E-state index in [2.05, 4.69) is 15.3 Å². The molecule has 0 fully saturated rings. The van der Waals surface area contributed by atoms with Gasteiger partial charge in [0.05, 0.1) is 0 Å². The van der Waals surface area contributed by atoms with E-state index in [0.29, 0.717) is 0 Å². The van der Waals surface area contributed by atoms with Crippen LogP contribution in [0.15, 0.2) is 5.16 Å². The van der Waals surface area contributed by atoms with E-state index >= 15 is 0 Å². The van der Waals surface area contributed by atoms with E-state index < -0.39 is 0 Å². The smallest absolute Gasteiger partial charge is 0.189 e. The zero-order valence-corrected chi connectivity index (χ0v) is 8.62. The number of aryl methyl sites for hydroxylation is 1. The highest BCUT2D eigenvalue weighted by Gasteiger charge is 2.04. The molecule has 0 aliphatic rings.